The minimum atomic E-state index is -4.78. The van der Waals surface area contributed by atoms with E-state index in [4.69, 9.17) is 15.2 Å². The van der Waals surface area contributed by atoms with Crippen molar-refractivity contribution in [3.8, 4) is 11.4 Å². The largest absolute Gasteiger partial charge is 0.496 e. The number of amidine groups is 1. The van der Waals surface area contributed by atoms with Crippen molar-refractivity contribution in [2.75, 3.05) is 13.7 Å². The number of halogens is 5. The standard InChI is InChI=1S/C25H25F5N6O2/c1-14(17-11-34-36(22(17)35-15(2)31)19-6-5-9-32-21(19)27)33-13-24(25(28,29)30)12-23(3,38-24)18-10-16(26)7-8-20(18)37-4/h5-11,33H,1,12-13H2,2-4H3,(H2,31,35). The molecule has 1 aliphatic heterocycles. The zero-order valence-corrected chi connectivity index (χ0v) is 20.7. The Labute approximate surface area is 215 Å². The van der Waals surface area contributed by atoms with Crippen LogP contribution in [0, 0.1) is 11.8 Å². The lowest BCUT2D eigenvalue weighted by molar-refractivity contribution is -0.382. The van der Waals surface area contributed by atoms with Crippen LogP contribution in [0.15, 0.2) is 54.3 Å². The molecule has 0 saturated carbocycles. The lowest BCUT2D eigenvalue weighted by Crippen LogP contribution is -2.68. The number of rotatable bonds is 8. The molecule has 0 bridgehead atoms. The molecule has 2 atom stereocenters. The van der Waals surface area contributed by atoms with Gasteiger partial charge in [-0.25, -0.2) is 19.0 Å². The molecular formula is C25H25F5N6O2. The number of ether oxygens (including phenoxy) is 2. The molecule has 0 aliphatic carbocycles. The molecule has 0 amide bonds. The van der Waals surface area contributed by atoms with Crippen LogP contribution >= 0.6 is 0 Å². The SMILES string of the molecule is C=C(NCC1(C(F)(F)F)CC(C)(c2cc(F)ccc2OC)O1)c1cnn(-c2cccnc2F)c1/N=C(/C)N. The quantitative estimate of drug-likeness (QED) is 0.186. The molecule has 1 saturated heterocycles. The third kappa shape index (κ3) is 4.80. The van der Waals surface area contributed by atoms with Crippen molar-refractivity contribution in [2.24, 2.45) is 10.7 Å². The van der Waals surface area contributed by atoms with Gasteiger partial charge in [-0.05, 0) is 44.2 Å². The van der Waals surface area contributed by atoms with Crippen molar-refractivity contribution >= 4 is 17.4 Å². The summed E-state index contributed by atoms with van der Waals surface area (Å²) in [6, 6.07) is 6.46. The summed E-state index contributed by atoms with van der Waals surface area (Å²) in [5.74, 6) is -1.13. The summed E-state index contributed by atoms with van der Waals surface area (Å²) in [5, 5.41) is 6.76. The Morgan fingerprint density at radius 2 is 2.03 bits per heavy atom. The zero-order valence-electron chi connectivity index (χ0n) is 20.7. The molecule has 38 heavy (non-hydrogen) atoms. The van der Waals surface area contributed by atoms with Crippen LogP contribution in [0.1, 0.15) is 31.4 Å². The van der Waals surface area contributed by atoms with Crippen molar-refractivity contribution in [1.29, 1.82) is 0 Å². The van der Waals surface area contributed by atoms with Gasteiger partial charge in [0.15, 0.2) is 11.4 Å². The molecule has 2 aromatic heterocycles. The number of nitrogens with two attached hydrogens (primary N) is 1. The highest BCUT2D eigenvalue weighted by molar-refractivity contribution is 5.83. The predicted octanol–water partition coefficient (Wildman–Crippen LogP) is 4.76. The highest BCUT2D eigenvalue weighted by Gasteiger charge is 2.68. The third-order valence-corrected chi connectivity index (χ3v) is 6.20. The van der Waals surface area contributed by atoms with Crippen molar-refractivity contribution in [1.82, 2.24) is 20.1 Å². The van der Waals surface area contributed by atoms with Crippen LogP contribution in [-0.2, 0) is 10.3 Å². The Morgan fingerprint density at radius 3 is 2.63 bits per heavy atom. The monoisotopic (exact) mass is 536 g/mol. The molecular weight excluding hydrogens is 511 g/mol. The van der Waals surface area contributed by atoms with Crippen LogP contribution < -0.4 is 15.8 Å². The second-order valence-electron chi connectivity index (χ2n) is 9.04. The fraction of sp³-hybridized carbons (Fsp3) is 0.320. The highest BCUT2D eigenvalue weighted by Crippen LogP contribution is 2.57. The number of methoxy groups -OCH3 is 1. The number of benzene rings is 1. The first-order valence-corrected chi connectivity index (χ1v) is 11.3. The first-order valence-electron chi connectivity index (χ1n) is 11.3. The van der Waals surface area contributed by atoms with Gasteiger partial charge >= 0.3 is 6.18 Å². The molecule has 1 fully saturated rings. The van der Waals surface area contributed by atoms with E-state index in [0.29, 0.717) is 0 Å². The fourth-order valence-electron chi connectivity index (χ4n) is 4.45. The summed E-state index contributed by atoms with van der Waals surface area (Å²) in [4.78, 5) is 7.75. The Bertz CT molecular complexity index is 1390. The van der Waals surface area contributed by atoms with E-state index in [0.717, 1.165) is 16.8 Å². The molecule has 3 heterocycles. The van der Waals surface area contributed by atoms with Gasteiger partial charge in [-0.3, -0.25) is 0 Å². The van der Waals surface area contributed by atoms with Gasteiger partial charge in [0, 0.05) is 23.9 Å². The molecule has 13 heteroatoms. The van der Waals surface area contributed by atoms with Gasteiger partial charge in [-0.2, -0.15) is 22.7 Å². The Balaban J connectivity index is 1.61. The molecule has 0 radical (unpaired) electrons. The van der Waals surface area contributed by atoms with Gasteiger partial charge in [0.1, 0.15) is 17.3 Å². The highest BCUT2D eigenvalue weighted by atomic mass is 19.4. The number of nitrogens with one attached hydrogen (secondary N) is 1. The normalized spacial score (nSPS) is 21.6. The fourth-order valence-corrected chi connectivity index (χ4v) is 4.45. The van der Waals surface area contributed by atoms with Crippen LogP contribution in [0.4, 0.5) is 27.8 Å². The molecule has 8 nitrogen and oxygen atoms in total. The molecule has 3 N–H and O–H groups in total. The number of alkyl halides is 3. The average molecular weight is 537 g/mol. The number of nitrogens with zero attached hydrogens (tertiary/aromatic N) is 4. The Hall–Kier alpha value is -4.00. The average Bonchev–Trinajstić information content (AvgIpc) is 3.23. The van der Waals surface area contributed by atoms with E-state index in [1.165, 1.54) is 51.6 Å². The van der Waals surface area contributed by atoms with E-state index < -0.39 is 42.1 Å². The predicted molar refractivity (Wildman–Crippen MR) is 130 cm³/mol. The van der Waals surface area contributed by atoms with Crippen molar-refractivity contribution in [3.63, 3.8) is 0 Å². The summed E-state index contributed by atoms with van der Waals surface area (Å²) in [6.07, 6.45) is -2.77. The van der Waals surface area contributed by atoms with Crippen molar-refractivity contribution in [3.05, 3.63) is 72.2 Å². The van der Waals surface area contributed by atoms with Gasteiger partial charge in [-0.1, -0.05) is 6.58 Å². The molecule has 2 unspecified atom stereocenters. The molecule has 202 valence electrons. The lowest BCUT2D eigenvalue weighted by Gasteiger charge is -2.55. The van der Waals surface area contributed by atoms with E-state index in [1.807, 2.05) is 0 Å². The van der Waals surface area contributed by atoms with E-state index >= 15 is 0 Å². The molecule has 3 aromatic rings. The third-order valence-electron chi connectivity index (χ3n) is 6.20. The summed E-state index contributed by atoms with van der Waals surface area (Å²) in [7, 11) is 1.34. The summed E-state index contributed by atoms with van der Waals surface area (Å²) in [6.45, 7) is 6.02. The lowest BCUT2D eigenvalue weighted by atomic mass is 9.75. The van der Waals surface area contributed by atoms with Crippen molar-refractivity contribution in [2.45, 2.75) is 37.6 Å². The Kier molecular flexibility index (Phi) is 6.91. The van der Waals surface area contributed by atoms with Gasteiger partial charge in [-0.15, -0.1) is 0 Å². The van der Waals surface area contributed by atoms with Gasteiger partial charge in [0.05, 0.1) is 36.9 Å². The van der Waals surface area contributed by atoms with Crippen LogP contribution in [0.3, 0.4) is 0 Å². The van der Waals surface area contributed by atoms with E-state index in [-0.39, 0.29) is 39.9 Å². The Morgan fingerprint density at radius 1 is 1.32 bits per heavy atom. The molecule has 4 rings (SSSR count). The van der Waals surface area contributed by atoms with Crippen LogP contribution in [0.25, 0.3) is 11.4 Å². The summed E-state index contributed by atoms with van der Waals surface area (Å²) in [5.41, 5.74) is 1.99. The van der Waals surface area contributed by atoms with Crippen LogP contribution in [-0.4, -0.2) is 46.0 Å². The maximum absolute atomic E-state index is 14.3. The topological polar surface area (TPSA) is 99.6 Å². The zero-order chi connectivity index (χ0) is 27.9. The van der Waals surface area contributed by atoms with E-state index in [1.54, 1.807) is 0 Å². The van der Waals surface area contributed by atoms with Gasteiger partial charge < -0.3 is 20.5 Å². The number of aromatic nitrogens is 3. The summed E-state index contributed by atoms with van der Waals surface area (Å²) < 4.78 is 82.8. The second-order valence-corrected chi connectivity index (χ2v) is 9.04. The first kappa shape index (κ1) is 27.0. The minimum absolute atomic E-state index is 0.0183. The maximum Gasteiger partial charge on any atom is 0.419 e. The second kappa shape index (κ2) is 9.71. The van der Waals surface area contributed by atoms with Crippen molar-refractivity contribution < 1.29 is 31.4 Å². The van der Waals surface area contributed by atoms with Gasteiger partial charge in [0.2, 0.25) is 5.95 Å². The molecule has 0 spiro atoms. The van der Waals surface area contributed by atoms with Crippen LogP contribution in [0.5, 0.6) is 5.75 Å². The number of hydrogen-bond donors (Lipinski definition) is 2. The number of pyridine rings is 1. The number of hydrogen-bond acceptors (Lipinski definition) is 6. The first-order chi connectivity index (χ1) is 17.8. The minimum Gasteiger partial charge on any atom is -0.496 e. The summed E-state index contributed by atoms with van der Waals surface area (Å²) >= 11 is 0. The van der Waals surface area contributed by atoms with Gasteiger partial charge in [0.25, 0.3) is 0 Å². The molecule has 1 aliphatic rings. The number of aliphatic imine (C=N–C) groups is 1. The smallest absolute Gasteiger partial charge is 0.419 e. The maximum atomic E-state index is 14.3. The molecule has 1 aromatic carbocycles. The van der Waals surface area contributed by atoms with E-state index in [9.17, 15) is 22.0 Å². The van der Waals surface area contributed by atoms with E-state index in [2.05, 4.69) is 27.0 Å². The van der Waals surface area contributed by atoms with Crippen LogP contribution in [0.2, 0.25) is 0 Å².